The fourth-order valence-corrected chi connectivity index (χ4v) is 6.20. The maximum absolute atomic E-state index is 12.7. The highest BCUT2D eigenvalue weighted by Gasteiger charge is 2.31. The molecular formula is C29H24Cl2F3N5O11S2. The number of aryl methyl sites for hydroxylation is 1. The lowest BCUT2D eigenvalue weighted by Gasteiger charge is -2.13. The molecule has 278 valence electrons. The summed E-state index contributed by atoms with van der Waals surface area (Å²) >= 11 is 12.6. The van der Waals surface area contributed by atoms with E-state index < -0.39 is 51.8 Å². The molecule has 4 aromatic rings. The Morgan fingerprint density at radius 1 is 0.962 bits per heavy atom. The van der Waals surface area contributed by atoms with Gasteiger partial charge in [0.2, 0.25) is 5.95 Å². The number of rotatable bonds is 10. The standard InChI is InChI=1S/C17H11Cl2F3O5.C12H13N5O6S2/c1-8(15(23)24)26-16(25)11-7-10(3-4-12(11)18)27-14-5-2-9(6-13(14)19)17(20,21)22;1-6-13-10(16-12(14-6)23-3)15-11(19)17-25(20,21)7-4-5-24-8(7)9(18)22-2/h2-8H,1H3,(H,23,24);4-5H,1-3H3,(H2,13,14,15,16,17,19)/t8-;/m0./s1. The van der Waals surface area contributed by atoms with Crippen molar-refractivity contribution in [2.45, 2.75) is 31.0 Å². The van der Waals surface area contributed by atoms with Crippen LogP contribution < -0.4 is 19.5 Å². The number of amides is 2. The summed E-state index contributed by atoms with van der Waals surface area (Å²) in [6.45, 7) is 2.70. The van der Waals surface area contributed by atoms with Gasteiger partial charge in [0, 0.05) is 0 Å². The van der Waals surface area contributed by atoms with Crippen LogP contribution in [-0.2, 0) is 30.5 Å². The number of carboxylic acid groups (broad SMARTS) is 1. The molecule has 0 aliphatic rings. The lowest BCUT2D eigenvalue weighted by Crippen LogP contribution is -2.35. The van der Waals surface area contributed by atoms with Crippen molar-refractivity contribution in [2.24, 2.45) is 0 Å². The molecule has 4 rings (SSSR count). The molecule has 2 amide bonds. The summed E-state index contributed by atoms with van der Waals surface area (Å²) in [4.78, 5) is 57.2. The number of aromatic nitrogens is 3. The van der Waals surface area contributed by atoms with Crippen molar-refractivity contribution in [1.29, 1.82) is 0 Å². The fourth-order valence-electron chi connectivity index (χ4n) is 3.54. The zero-order chi connectivity index (χ0) is 39.0. The van der Waals surface area contributed by atoms with Crippen molar-refractivity contribution in [3.8, 4) is 17.5 Å². The molecule has 2 aromatic carbocycles. The van der Waals surface area contributed by atoms with Crippen molar-refractivity contribution in [2.75, 3.05) is 19.5 Å². The molecule has 0 unspecified atom stereocenters. The fraction of sp³-hybridized carbons (Fsp3) is 0.207. The maximum Gasteiger partial charge on any atom is 0.416 e. The molecule has 0 fully saturated rings. The van der Waals surface area contributed by atoms with E-state index in [9.17, 15) is 40.8 Å². The number of hydrogen-bond acceptors (Lipinski definition) is 14. The number of aliphatic carboxylic acids is 1. The minimum Gasteiger partial charge on any atom is -0.479 e. The Hall–Kier alpha value is -5.25. The van der Waals surface area contributed by atoms with Crippen molar-refractivity contribution in [3.63, 3.8) is 0 Å². The number of benzene rings is 2. The molecule has 0 saturated carbocycles. The van der Waals surface area contributed by atoms with Gasteiger partial charge in [-0.3, -0.25) is 5.32 Å². The lowest BCUT2D eigenvalue weighted by atomic mass is 10.2. The summed E-state index contributed by atoms with van der Waals surface area (Å²) in [5, 5.41) is 12.0. The monoisotopic (exact) mass is 809 g/mol. The molecule has 0 saturated heterocycles. The minimum atomic E-state index is -4.56. The molecule has 0 aliphatic heterocycles. The van der Waals surface area contributed by atoms with E-state index in [1.165, 1.54) is 37.6 Å². The number of ether oxygens (including phenoxy) is 4. The second-order valence-corrected chi connectivity index (χ2v) is 13.0. The molecule has 52 heavy (non-hydrogen) atoms. The molecule has 0 aliphatic carbocycles. The van der Waals surface area contributed by atoms with Crippen molar-refractivity contribution >= 4 is 74.4 Å². The van der Waals surface area contributed by atoms with Crippen LogP contribution in [-0.4, -0.2) is 72.7 Å². The van der Waals surface area contributed by atoms with Gasteiger partial charge in [0.05, 0.1) is 35.4 Å². The first-order chi connectivity index (χ1) is 24.2. The number of anilines is 1. The summed E-state index contributed by atoms with van der Waals surface area (Å²) in [5.74, 6) is -3.15. The first-order valence-electron chi connectivity index (χ1n) is 13.8. The van der Waals surface area contributed by atoms with Gasteiger partial charge in [0.25, 0.3) is 10.0 Å². The molecule has 0 bridgehead atoms. The van der Waals surface area contributed by atoms with Gasteiger partial charge in [0.15, 0.2) is 6.10 Å². The summed E-state index contributed by atoms with van der Waals surface area (Å²) < 4.78 is 83.8. The van der Waals surface area contributed by atoms with Gasteiger partial charge < -0.3 is 24.1 Å². The van der Waals surface area contributed by atoms with Crippen molar-refractivity contribution in [1.82, 2.24) is 19.7 Å². The molecule has 16 nitrogen and oxygen atoms in total. The average Bonchev–Trinajstić information content (AvgIpc) is 3.57. The Kier molecular flexibility index (Phi) is 13.7. The zero-order valence-electron chi connectivity index (χ0n) is 26.8. The Morgan fingerprint density at radius 2 is 1.65 bits per heavy atom. The lowest BCUT2D eigenvalue weighted by molar-refractivity contribution is -0.146. The summed E-state index contributed by atoms with van der Waals surface area (Å²) in [6.07, 6.45) is -5.96. The van der Waals surface area contributed by atoms with Crippen LogP contribution in [0.5, 0.6) is 17.5 Å². The molecule has 1 atom stereocenters. The third kappa shape index (κ3) is 11.1. The van der Waals surface area contributed by atoms with E-state index in [2.05, 4.69) is 25.0 Å². The number of hydrogen-bond donors (Lipinski definition) is 3. The molecule has 23 heteroatoms. The number of carboxylic acids is 1. The van der Waals surface area contributed by atoms with E-state index in [0.717, 1.165) is 43.6 Å². The molecule has 2 aromatic heterocycles. The second kappa shape index (κ2) is 17.3. The van der Waals surface area contributed by atoms with Gasteiger partial charge in [0.1, 0.15) is 27.1 Å². The molecular weight excluding hydrogens is 786 g/mol. The first-order valence-corrected chi connectivity index (χ1v) is 16.9. The van der Waals surface area contributed by atoms with E-state index in [0.29, 0.717) is 6.07 Å². The highest BCUT2D eigenvalue weighted by Crippen LogP contribution is 2.37. The number of esters is 2. The van der Waals surface area contributed by atoms with Crippen LogP contribution in [0.15, 0.2) is 52.7 Å². The Bertz CT molecular complexity index is 2100. The molecule has 0 spiro atoms. The highest BCUT2D eigenvalue weighted by molar-refractivity contribution is 7.90. The van der Waals surface area contributed by atoms with E-state index in [1.807, 2.05) is 0 Å². The minimum absolute atomic E-state index is 0.0246. The van der Waals surface area contributed by atoms with E-state index >= 15 is 0 Å². The van der Waals surface area contributed by atoms with E-state index in [-0.39, 0.29) is 54.7 Å². The second-order valence-electron chi connectivity index (χ2n) is 9.63. The zero-order valence-corrected chi connectivity index (χ0v) is 29.9. The number of nitrogens with one attached hydrogen (secondary N) is 2. The number of carbonyl (C=O) groups is 4. The van der Waals surface area contributed by atoms with Crippen LogP contribution in [0.4, 0.5) is 23.9 Å². The number of urea groups is 1. The van der Waals surface area contributed by atoms with Gasteiger partial charge in [-0.2, -0.15) is 28.1 Å². The number of halogens is 5. The number of nitrogens with zero attached hydrogens (tertiary/aromatic N) is 3. The van der Waals surface area contributed by atoms with Crippen molar-refractivity contribution in [3.05, 3.63) is 79.7 Å². The average molecular weight is 811 g/mol. The van der Waals surface area contributed by atoms with Gasteiger partial charge in [-0.1, -0.05) is 23.2 Å². The van der Waals surface area contributed by atoms with E-state index in [1.54, 1.807) is 4.72 Å². The molecule has 3 N–H and O–H groups in total. The Morgan fingerprint density at radius 3 is 2.25 bits per heavy atom. The predicted octanol–water partition coefficient (Wildman–Crippen LogP) is 5.98. The van der Waals surface area contributed by atoms with Crippen LogP contribution in [0, 0.1) is 6.92 Å². The molecule has 0 radical (unpaired) electrons. The third-order valence-electron chi connectivity index (χ3n) is 5.93. The van der Waals surface area contributed by atoms with Gasteiger partial charge >= 0.3 is 36.1 Å². The van der Waals surface area contributed by atoms with Gasteiger partial charge in [-0.15, -0.1) is 11.3 Å². The number of thiophene rings is 1. The molecule has 2 heterocycles. The third-order valence-corrected chi connectivity index (χ3v) is 8.95. The largest absolute Gasteiger partial charge is 0.479 e. The van der Waals surface area contributed by atoms with Gasteiger partial charge in [-0.05, 0) is 61.7 Å². The number of methoxy groups -OCH3 is 2. The van der Waals surface area contributed by atoms with Crippen LogP contribution in [0.2, 0.25) is 10.0 Å². The highest BCUT2D eigenvalue weighted by atomic mass is 35.5. The smallest absolute Gasteiger partial charge is 0.416 e. The van der Waals surface area contributed by atoms with E-state index in [4.69, 9.17) is 42.5 Å². The topological polar surface area (TPSA) is 222 Å². The van der Waals surface area contributed by atoms with Crippen LogP contribution >= 0.6 is 34.5 Å². The van der Waals surface area contributed by atoms with Gasteiger partial charge in [-0.25, -0.2) is 32.3 Å². The first kappa shape index (κ1) is 41.2. The predicted molar refractivity (Wildman–Crippen MR) is 177 cm³/mol. The number of sulfonamides is 1. The summed E-state index contributed by atoms with van der Waals surface area (Å²) in [6, 6.07) is 6.36. The Labute approximate surface area is 305 Å². The summed E-state index contributed by atoms with van der Waals surface area (Å²) in [7, 11) is -1.86. The number of carbonyl (C=O) groups excluding carboxylic acids is 3. The summed E-state index contributed by atoms with van der Waals surface area (Å²) in [5.41, 5.74) is -1.12. The van der Waals surface area contributed by atoms with Crippen molar-refractivity contribution < 1.29 is 64.8 Å². The number of alkyl halides is 3. The van der Waals surface area contributed by atoms with Crippen LogP contribution in [0.3, 0.4) is 0 Å². The quantitative estimate of drug-likeness (QED) is 0.157. The van der Waals surface area contributed by atoms with Crippen LogP contribution in [0.25, 0.3) is 0 Å². The van der Waals surface area contributed by atoms with Crippen LogP contribution in [0.1, 0.15) is 38.3 Å². The normalized spacial score (nSPS) is 11.6. The maximum atomic E-state index is 12.7. The SMILES string of the molecule is COC(=O)c1sccc1S(=O)(=O)NC(=O)Nc1nc(C)nc(OC)n1.C[C@H](OC(=O)c1cc(Oc2ccc(C(F)(F)F)cc2Cl)ccc1Cl)C(=O)O. The Balaban J connectivity index is 0.000000281.